The van der Waals surface area contributed by atoms with E-state index < -0.39 is 0 Å². The Bertz CT molecular complexity index is 905. The Morgan fingerprint density at radius 1 is 1.22 bits per heavy atom. The fourth-order valence-corrected chi connectivity index (χ4v) is 2.50. The Labute approximate surface area is 157 Å². The van der Waals surface area contributed by atoms with Crippen molar-refractivity contribution in [1.82, 2.24) is 14.8 Å². The van der Waals surface area contributed by atoms with E-state index in [0.717, 1.165) is 17.7 Å². The van der Waals surface area contributed by atoms with E-state index in [-0.39, 0.29) is 12.5 Å². The Kier molecular flexibility index (Phi) is 5.84. The average Bonchev–Trinajstić information content (AvgIpc) is 3.22. The molecule has 0 aliphatic rings. The molecule has 0 radical (unpaired) electrons. The number of amides is 1. The van der Waals surface area contributed by atoms with Crippen LogP contribution in [0.4, 0.5) is 5.69 Å². The molecule has 0 bridgehead atoms. The average molecular weight is 364 g/mol. The van der Waals surface area contributed by atoms with Crippen LogP contribution in [0.2, 0.25) is 0 Å². The van der Waals surface area contributed by atoms with Crippen molar-refractivity contribution >= 4 is 11.6 Å². The van der Waals surface area contributed by atoms with Crippen LogP contribution in [-0.2, 0) is 11.2 Å². The molecule has 2 aromatic carbocycles. The summed E-state index contributed by atoms with van der Waals surface area (Å²) in [6.07, 6.45) is 5.62. The quantitative estimate of drug-likeness (QED) is 0.622. The van der Waals surface area contributed by atoms with Crippen molar-refractivity contribution < 1.29 is 14.3 Å². The van der Waals surface area contributed by atoms with Crippen LogP contribution >= 0.6 is 0 Å². The van der Waals surface area contributed by atoms with Crippen molar-refractivity contribution in [3.8, 4) is 17.2 Å². The van der Waals surface area contributed by atoms with Gasteiger partial charge in [0, 0.05) is 5.69 Å². The highest BCUT2D eigenvalue weighted by atomic mass is 16.5. The third kappa shape index (κ3) is 4.72. The molecule has 0 saturated carbocycles. The Morgan fingerprint density at radius 2 is 2.04 bits per heavy atom. The number of carbonyl (C=O) groups excluding carboxylic acids is 1. The maximum Gasteiger partial charge on any atom is 0.262 e. The van der Waals surface area contributed by atoms with Crippen LogP contribution in [-0.4, -0.2) is 34.4 Å². The lowest BCUT2D eigenvalue weighted by Gasteiger charge is -2.12. The summed E-state index contributed by atoms with van der Waals surface area (Å²) in [5, 5.41) is 6.85. The molecule has 7 heteroatoms. The summed E-state index contributed by atoms with van der Waals surface area (Å²) in [7, 11) is 1.57. The number of allylic oxidation sites excluding steroid dienone is 1. The number of aromatic nitrogens is 3. The molecule has 0 atom stereocenters. The summed E-state index contributed by atoms with van der Waals surface area (Å²) in [4.78, 5) is 16.1. The van der Waals surface area contributed by atoms with E-state index in [4.69, 9.17) is 9.47 Å². The molecule has 1 amide bonds. The molecule has 0 aliphatic heterocycles. The first-order chi connectivity index (χ1) is 13.2. The van der Waals surface area contributed by atoms with Gasteiger partial charge in [-0.1, -0.05) is 12.1 Å². The third-order valence-electron chi connectivity index (χ3n) is 3.80. The standard InChI is InChI=1S/C20H20N4O3/c1-3-4-15-5-10-18(19(11-15)26-2)27-12-20(25)23-16-6-8-17(9-7-16)24-14-21-13-22-24/h3,5-11,13-14H,1,4,12H2,2H3,(H,23,25). The van der Waals surface area contributed by atoms with Gasteiger partial charge >= 0.3 is 0 Å². The number of ether oxygens (including phenoxy) is 2. The molecule has 27 heavy (non-hydrogen) atoms. The minimum absolute atomic E-state index is 0.123. The molecule has 3 aromatic rings. The van der Waals surface area contributed by atoms with E-state index >= 15 is 0 Å². The second kappa shape index (κ2) is 8.66. The van der Waals surface area contributed by atoms with Crippen molar-refractivity contribution in [2.24, 2.45) is 0 Å². The van der Waals surface area contributed by atoms with Gasteiger partial charge in [-0.2, -0.15) is 5.10 Å². The van der Waals surface area contributed by atoms with Crippen LogP contribution in [0.25, 0.3) is 5.69 Å². The number of carbonyl (C=O) groups is 1. The van der Waals surface area contributed by atoms with Gasteiger partial charge in [0.05, 0.1) is 12.8 Å². The van der Waals surface area contributed by atoms with Crippen molar-refractivity contribution in [2.45, 2.75) is 6.42 Å². The van der Waals surface area contributed by atoms with Gasteiger partial charge in [-0.3, -0.25) is 4.79 Å². The first kappa shape index (κ1) is 18.2. The largest absolute Gasteiger partial charge is 0.493 e. The van der Waals surface area contributed by atoms with Gasteiger partial charge in [0.15, 0.2) is 18.1 Å². The lowest BCUT2D eigenvalue weighted by molar-refractivity contribution is -0.118. The first-order valence-corrected chi connectivity index (χ1v) is 8.35. The summed E-state index contributed by atoms with van der Waals surface area (Å²) < 4.78 is 12.6. The topological polar surface area (TPSA) is 78.3 Å². The fraction of sp³-hybridized carbons (Fsp3) is 0.150. The molecule has 0 spiro atoms. The van der Waals surface area contributed by atoms with Gasteiger partial charge < -0.3 is 14.8 Å². The van der Waals surface area contributed by atoms with Crippen molar-refractivity contribution in [2.75, 3.05) is 19.0 Å². The highest BCUT2D eigenvalue weighted by Crippen LogP contribution is 2.28. The predicted octanol–water partition coefficient (Wildman–Crippen LogP) is 3.02. The molecule has 0 saturated heterocycles. The van der Waals surface area contributed by atoms with Crippen LogP contribution in [0.15, 0.2) is 67.8 Å². The zero-order chi connectivity index (χ0) is 19.1. The number of hydrogen-bond acceptors (Lipinski definition) is 5. The lowest BCUT2D eigenvalue weighted by atomic mass is 10.1. The SMILES string of the molecule is C=CCc1ccc(OCC(=O)Nc2ccc(-n3cncn3)cc2)c(OC)c1. The maximum absolute atomic E-state index is 12.2. The van der Waals surface area contributed by atoms with E-state index in [1.54, 1.807) is 36.3 Å². The summed E-state index contributed by atoms with van der Waals surface area (Å²) in [5.74, 6) is 0.835. The van der Waals surface area contributed by atoms with E-state index in [0.29, 0.717) is 17.2 Å². The highest BCUT2D eigenvalue weighted by molar-refractivity contribution is 5.92. The fourth-order valence-electron chi connectivity index (χ4n) is 2.50. The van der Waals surface area contributed by atoms with E-state index in [1.165, 1.54) is 6.33 Å². The lowest BCUT2D eigenvalue weighted by Crippen LogP contribution is -2.20. The third-order valence-corrected chi connectivity index (χ3v) is 3.80. The zero-order valence-electron chi connectivity index (χ0n) is 15.0. The molecular formula is C20H20N4O3. The molecule has 0 fully saturated rings. The summed E-state index contributed by atoms with van der Waals surface area (Å²) in [6, 6.07) is 12.8. The monoisotopic (exact) mass is 364 g/mol. The van der Waals surface area contributed by atoms with Crippen LogP contribution in [0.5, 0.6) is 11.5 Å². The highest BCUT2D eigenvalue weighted by Gasteiger charge is 2.09. The van der Waals surface area contributed by atoms with Crippen LogP contribution in [0, 0.1) is 0 Å². The van der Waals surface area contributed by atoms with Crippen LogP contribution in [0.3, 0.4) is 0 Å². The number of nitrogens with one attached hydrogen (secondary N) is 1. The Morgan fingerprint density at radius 3 is 2.70 bits per heavy atom. The molecule has 138 valence electrons. The molecule has 1 heterocycles. The molecule has 7 nitrogen and oxygen atoms in total. The van der Waals surface area contributed by atoms with Gasteiger partial charge in [0.1, 0.15) is 12.7 Å². The van der Waals surface area contributed by atoms with Crippen molar-refractivity contribution in [1.29, 1.82) is 0 Å². The van der Waals surface area contributed by atoms with E-state index in [9.17, 15) is 4.79 Å². The van der Waals surface area contributed by atoms with Crippen LogP contribution in [0.1, 0.15) is 5.56 Å². The Hall–Kier alpha value is -3.61. The molecular weight excluding hydrogens is 344 g/mol. The van der Waals surface area contributed by atoms with Crippen LogP contribution < -0.4 is 14.8 Å². The normalized spacial score (nSPS) is 10.3. The molecule has 0 aliphatic carbocycles. The van der Waals surface area contributed by atoms with Crippen molar-refractivity contribution in [3.63, 3.8) is 0 Å². The molecule has 0 unspecified atom stereocenters. The van der Waals surface area contributed by atoms with Gasteiger partial charge in [0.2, 0.25) is 0 Å². The number of rotatable bonds is 8. The smallest absolute Gasteiger partial charge is 0.262 e. The molecule has 3 rings (SSSR count). The minimum Gasteiger partial charge on any atom is -0.493 e. The van der Waals surface area contributed by atoms with Crippen molar-refractivity contribution in [3.05, 3.63) is 73.3 Å². The zero-order valence-corrected chi connectivity index (χ0v) is 15.0. The van der Waals surface area contributed by atoms with Gasteiger partial charge in [0.25, 0.3) is 5.91 Å². The minimum atomic E-state index is -0.263. The Balaban J connectivity index is 1.57. The van der Waals surface area contributed by atoms with Gasteiger partial charge in [-0.25, -0.2) is 9.67 Å². The maximum atomic E-state index is 12.2. The number of anilines is 1. The molecule has 1 N–H and O–H groups in total. The second-order valence-corrected chi connectivity index (χ2v) is 5.70. The van der Waals surface area contributed by atoms with E-state index in [2.05, 4.69) is 22.0 Å². The first-order valence-electron chi connectivity index (χ1n) is 8.35. The van der Waals surface area contributed by atoms with Gasteiger partial charge in [-0.05, 0) is 48.4 Å². The predicted molar refractivity (Wildman–Crippen MR) is 102 cm³/mol. The summed E-state index contributed by atoms with van der Waals surface area (Å²) in [5.41, 5.74) is 2.58. The number of nitrogens with zero attached hydrogens (tertiary/aromatic N) is 3. The number of methoxy groups -OCH3 is 1. The second-order valence-electron chi connectivity index (χ2n) is 5.70. The van der Waals surface area contributed by atoms with E-state index in [1.807, 2.05) is 30.3 Å². The summed E-state index contributed by atoms with van der Waals surface area (Å²) >= 11 is 0. The van der Waals surface area contributed by atoms with Gasteiger partial charge in [-0.15, -0.1) is 6.58 Å². The number of hydrogen-bond donors (Lipinski definition) is 1. The molecule has 1 aromatic heterocycles. The summed E-state index contributed by atoms with van der Waals surface area (Å²) in [6.45, 7) is 3.60. The number of benzene rings is 2.